The van der Waals surface area contributed by atoms with E-state index in [2.05, 4.69) is 0 Å². The second-order valence-electron chi connectivity index (χ2n) is 6.46. The Hall–Kier alpha value is -3.34. The van der Waals surface area contributed by atoms with Crippen LogP contribution in [0.5, 0.6) is 11.5 Å². The van der Waals surface area contributed by atoms with Crippen LogP contribution in [0.1, 0.15) is 17.0 Å². The van der Waals surface area contributed by atoms with E-state index in [4.69, 9.17) is 10.1 Å². The van der Waals surface area contributed by atoms with Crippen molar-refractivity contribution in [2.45, 2.75) is 20.8 Å². The number of aryl methyl sites for hydroxylation is 2. The van der Waals surface area contributed by atoms with Crippen molar-refractivity contribution in [2.24, 2.45) is 0 Å². The topological polar surface area (TPSA) is 70.7 Å². The van der Waals surface area contributed by atoms with Gasteiger partial charge in [-0.15, -0.1) is 0 Å². The minimum atomic E-state index is 0.194. The van der Waals surface area contributed by atoms with E-state index in [0.717, 1.165) is 45.0 Å². The number of hydrogen-bond acceptors (Lipinski definition) is 4. The maximum absolute atomic E-state index is 9.95. The lowest BCUT2D eigenvalue weighted by atomic mass is 10.0. The van der Waals surface area contributed by atoms with Crippen molar-refractivity contribution in [2.75, 3.05) is 0 Å². The molecule has 0 fully saturated rings. The van der Waals surface area contributed by atoms with Gasteiger partial charge in [0.25, 0.3) is 0 Å². The molecule has 0 amide bonds. The first-order valence-electron chi connectivity index (χ1n) is 8.41. The maximum Gasteiger partial charge on any atom is 0.164 e. The molecule has 2 N–H and O–H groups in total. The number of fused-ring (bicyclic) bond motifs is 1. The molecule has 2 aromatic carbocycles. The van der Waals surface area contributed by atoms with Gasteiger partial charge in [-0.05, 0) is 68.3 Å². The van der Waals surface area contributed by atoms with Gasteiger partial charge in [0.1, 0.15) is 17.2 Å². The number of aromatic nitrogens is 3. The smallest absolute Gasteiger partial charge is 0.164 e. The molecule has 130 valence electrons. The van der Waals surface area contributed by atoms with Crippen LogP contribution in [-0.2, 0) is 0 Å². The van der Waals surface area contributed by atoms with Gasteiger partial charge in [0.15, 0.2) is 5.65 Å². The summed E-state index contributed by atoms with van der Waals surface area (Å²) < 4.78 is 1.85. The highest BCUT2D eigenvalue weighted by molar-refractivity contribution is 5.91. The summed E-state index contributed by atoms with van der Waals surface area (Å²) in [4.78, 5) is 4.78. The highest BCUT2D eigenvalue weighted by Crippen LogP contribution is 2.37. The minimum absolute atomic E-state index is 0.194. The monoisotopic (exact) mass is 345 g/mol. The molecule has 0 aliphatic heterocycles. The SMILES string of the molecule is Cc1nc2c(-c3cccc(O)c3)c(-c3ccc(O)cc3)nn2c(C)c1C. The minimum Gasteiger partial charge on any atom is -0.508 e. The number of benzene rings is 2. The molecule has 2 aromatic heterocycles. The van der Waals surface area contributed by atoms with E-state index in [1.54, 1.807) is 24.3 Å². The third-order valence-corrected chi connectivity index (χ3v) is 4.81. The Labute approximate surface area is 151 Å². The van der Waals surface area contributed by atoms with Crippen LogP contribution >= 0.6 is 0 Å². The summed E-state index contributed by atoms with van der Waals surface area (Å²) in [5.74, 6) is 0.400. The molecule has 4 aromatic rings. The Morgan fingerprint density at radius 1 is 0.846 bits per heavy atom. The first-order valence-corrected chi connectivity index (χ1v) is 8.41. The fourth-order valence-corrected chi connectivity index (χ4v) is 3.16. The summed E-state index contributed by atoms with van der Waals surface area (Å²) in [6.07, 6.45) is 0. The third-order valence-electron chi connectivity index (χ3n) is 4.81. The third kappa shape index (κ3) is 2.49. The van der Waals surface area contributed by atoms with Gasteiger partial charge in [0.2, 0.25) is 0 Å². The predicted molar refractivity (Wildman–Crippen MR) is 101 cm³/mol. The number of phenolic OH excluding ortho intramolecular Hbond substituents is 2. The number of phenols is 2. The quantitative estimate of drug-likeness (QED) is 0.565. The average molecular weight is 345 g/mol. The number of nitrogens with zero attached hydrogens (tertiary/aromatic N) is 3. The molecule has 0 spiro atoms. The molecular formula is C21H19N3O2. The summed E-state index contributed by atoms with van der Waals surface area (Å²) in [6.45, 7) is 6.05. The van der Waals surface area contributed by atoms with Crippen molar-refractivity contribution >= 4 is 5.65 Å². The van der Waals surface area contributed by atoms with E-state index in [1.807, 2.05) is 49.6 Å². The van der Waals surface area contributed by atoms with E-state index < -0.39 is 0 Å². The fraction of sp³-hybridized carbons (Fsp3) is 0.143. The van der Waals surface area contributed by atoms with Gasteiger partial charge in [-0.3, -0.25) is 0 Å². The predicted octanol–water partition coefficient (Wildman–Crippen LogP) is 4.40. The summed E-state index contributed by atoms with van der Waals surface area (Å²) in [5.41, 5.74) is 7.17. The summed E-state index contributed by atoms with van der Waals surface area (Å²) in [5, 5.41) is 24.4. The van der Waals surface area contributed by atoms with Crippen LogP contribution in [-0.4, -0.2) is 24.8 Å². The van der Waals surface area contributed by atoms with Gasteiger partial charge in [0.05, 0.1) is 5.56 Å². The fourth-order valence-electron chi connectivity index (χ4n) is 3.16. The van der Waals surface area contributed by atoms with Gasteiger partial charge >= 0.3 is 0 Å². The van der Waals surface area contributed by atoms with Gasteiger partial charge in [-0.2, -0.15) is 5.10 Å². The van der Waals surface area contributed by atoms with Gasteiger partial charge in [-0.1, -0.05) is 12.1 Å². The Morgan fingerprint density at radius 2 is 1.58 bits per heavy atom. The van der Waals surface area contributed by atoms with Crippen LogP contribution in [0.2, 0.25) is 0 Å². The Morgan fingerprint density at radius 3 is 2.27 bits per heavy atom. The largest absolute Gasteiger partial charge is 0.508 e. The molecule has 2 heterocycles. The Balaban J connectivity index is 2.12. The zero-order valence-electron chi connectivity index (χ0n) is 14.9. The van der Waals surface area contributed by atoms with Crippen molar-refractivity contribution < 1.29 is 10.2 Å². The van der Waals surface area contributed by atoms with E-state index >= 15 is 0 Å². The molecule has 0 bridgehead atoms. The first kappa shape index (κ1) is 16.1. The maximum atomic E-state index is 9.95. The number of aromatic hydroxyl groups is 2. The molecule has 5 heteroatoms. The zero-order valence-corrected chi connectivity index (χ0v) is 14.9. The molecule has 26 heavy (non-hydrogen) atoms. The molecule has 5 nitrogen and oxygen atoms in total. The molecular weight excluding hydrogens is 326 g/mol. The molecule has 0 atom stereocenters. The highest BCUT2D eigenvalue weighted by atomic mass is 16.3. The zero-order chi connectivity index (χ0) is 18.4. The van der Waals surface area contributed by atoms with E-state index in [-0.39, 0.29) is 11.5 Å². The van der Waals surface area contributed by atoms with Gasteiger partial charge in [0, 0.05) is 17.0 Å². The highest BCUT2D eigenvalue weighted by Gasteiger charge is 2.20. The van der Waals surface area contributed by atoms with Gasteiger partial charge < -0.3 is 10.2 Å². The molecule has 0 radical (unpaired) electrons. The van der Waals surface area contributed by atoms with Crippen LogP contribution in [0.4, 0.5) is 0 Å². The van der Waals surface area contributed by atoms with Crippen molar-refractivity contribution in [1.82, 2.24) is 14.6 Å². The van der Waals surface area contributed by atoms with E-state index in [9.17, 15) is 10.2 Å². The average Bonchev–Trinajstić information content (AvgIpc) is 3.00. The summed E-state index contributed by atoms with van der Waals surface area (Å²) in [6, 6.07) is 14.0. The van der Waals surface area contributed by atoms with Crippen LogP contribution < -0.4 is 0 Å². The molecule has 0 saturated carbocycles. The van der Waals surface area contributed by atoms with Crippen molar-refractivity contribution in [1.29, 1.82) is 0 Å². The first-order chi connectivity index (χ1) is 12.5. The Bertz CT molecular complexity index is 1130. The molecule has 0 aliphatic rings. The standard InChI is InChI=1S/C21H19N3O2/c1-12-13(2)22-21-19(16-5-4-6-18(26)11-16)20(23-24(21)14(12)3)15-7-9-17(25)10-8-15/h4-11,25-26H,1-3H3. The van der Waals surface area contributed by atoms with Crippen molar-refractivity contribution in [3.05, 3.63) is 65.5 Å². The van der Waals surface area contributed by atoms with Crippen LogP contribution in [0.3, 0.4) is 0 Å². The van der Waals surface area contributed by atoms with Crippen molar-refractivity contribution in [3.63, 3.8) is 0 Å². The lowest BCUT2D eigenvalue weighted by Crippen LogP contribution is -2.02. The number of hydrogen-bond donors (Lipinski definition) is 2. The van der Waals surface area contributed by atoms with Gasteiger partial charge in [-0.25, -0.2) is 9.50 Å². The van der Waals surface area contributed by atoms with E-state index in [0.29, 0.717) is 0 Å². The second-order valence-corrected chi connectivity index (χ2v) is 6.46. The normalized spacial score (nSPS) is 11.2. The van der Waals surface area contributed by atoms with Crippen LogP contribution in [0.25, 0.3) is 28.0 Å². The second kappa shape index (κ2) is 5.88. The van der Waals surface area contributed by atoms with E-state index in [1.165, 1.54) is 0 Å². The van der Waals surface area contributed by atoms with Crippen molar-refractivity contribution in [3.8, 4) is 33.9 Å². The summed E-state index contributed by atoms with van der Waals surface area (Å²) in [7, 11) is 0. The lowest BCUT2D eigenvalue weighted by Gasteiger charge is -2.07. The molecule has 0 aliphatic carbocycles. The number of rotatable bonds is 2. The molecule has 0 unspecified atom stereocenters. The summed E-state index contributed by atoms with van der Waals surface area (Å²) >= 11 is 0. The molecule has 0 saturated heterocycles. The lowest BCUT2D eigenvalue weighted by molar-refractivity contribution is 0.475. The molecule has 4 rings (SSSR count). The van der Waals surface area contributed by atoms with Crippen LogP contribution in [0.15, 0.2) is 48.5 Å². The van der Waals surface area contributed by atoms with Crippen LogP contribution in [0, 0.1) is 20.8 Å². The Kier molecular flexibility index (Phi) is 3.65.